The number of benzene rings is 2. The van der Waals surface area contributed by atoms with E-state index in [2.05, 4.69) is 10.4 Å². The maximum absolute atomic E-state index is 12.1. The number of rotatable bonds is 6. The summed E-state index contributed by atoms with van der Waals surface area (Å²) in [6.45, 7) is 4.30. The van der Waals surface area contributed by atoms with Crippen LogP contribution in [0.25, 0.3) is 5.69 Å². The zero-order chi connectivity index (χ0) is 18.5. The summed E-state index contributed by atoms with van der Waals surface area (Å²) < 4.78 is 7.34. The Bertz CT molecular complexity index is 889. The van der Waals surface area contributed by atoms with Gasteiger partial charge in [-0.2, -0.15) is 5.10 Å². The van der Waals surface area contributed by atoms with Crippen molar-refractivity contribution in [3.63, 3.8) is 0 Å². The highest BCUT2D eigenvalue weighted by Gasteiger charge is 2.13. The van der Waals surface area contributed by atoms with Gasteiger partial charge in [-0.3, -0.25) is 4.79 Å². The predicted octanol–water partition coefficient (Wildman–Crippen LogP) is 3.84. The van der Waals surface area contributed by atoms with Crippen molar-refractivity contribution in [2.75, 3.05) is 6.61 Å². The molecule has 1 aromatic heterocycles. The van der Waals surface area contributed by atoms with Gasteiger partial charge < -0.3 is 10.1 Å². The molecule has 0 saturated heterocycles. The number of amides is 1. The second kappa shape index (κ2) is 8.06. The first-order chi connectivity index (χ1) is 12.5. The molecule has 0 radical (unpaired) electrons. The summed E-state index contributed by atoms with van der Waals surface area (Å²) in [5.41, 5.74) is 3.91. The smallest absolute Gasteiger partial charge is 0.258 e. The number of halogens is 1. The number of hydrogen-bond donors (Lipinski definition) is 1. The van der Waals surface area contributed by atoms with Gasteiger partial charge in [-0.05, 0) is 50.2 Å². The van der Waals surface area contributed by atoms with Gasteiger partial charge in [-0.15, -0.1) is 0 Å². The molecule has 3 rings (SSSR count). The third-order valence-corrected chi connectivity index (χ3v) is 4.34. The van der Waals surface area contributed by atoms with Crippen LogP contribution in [0.4, 0.5) is 0 Å². The Morgan fingerprint density at radius 3 is 2.50 bits per heavy atom. The molecule has 1 heterocycles. The van der Waals surface area contributed by atoms with Crippen molar-refractivity contribution < 1.29 is 9.53 Å². The first-order valence-electron chi connectivity index (χ1n) is 8.30. The lowest BCUT2D eigenvalue weighted by atomic mass is 10.2. The molecule has 134 valence electrons. The monoisotopic (exact) mass is 369 g/mol. The predicted molar refractivity (Wildman–Crippen MR) is 102 cm³/mol. The van der Waals surface area contributed by atoms with Crippen molar-refractivity contribution in [1.82, 2.24) is 15.1 Å². The minimum absolute atomic E-state index is 0.0491. The molecular weight excluding hydrogens is 350 g/mol. The second-order valence-electron chi connectivity index (χ2n) is 5.92. The average molecular weight is 370 g/mol. The van der Waals surface area contributed by atoms with E-state index in [0.717, 1.165) is 22.6 Å². The molecule has 0 bridgehead atoms. The molecule has 2 aromatic carbocycles. The van der Waals surface area contributed by atoms with Gasteiger partial charge >= 0.3 is 0 Å². The molecule has 0 saturated carbocycles. The quantitative estimate of drug-likeness (QED) is 0.718. The Balaban J connectivity index is 1.60. The van der Waals surface area contributed by atoms with Crippen LogP contribution >= 0.6 is 11.6 Å². The highest BCUT2D eigenvalue weighted by atomic mass is 35.5. The molecule has 26 heavy (non-hydrogen) atoms. The van der Waals surface area contributed by atoms with Gasteiger partial charge in [0.15, 0.2) is 6.61 Å². The number of para-hydroxylation sites is 1. The van der Waals surface area contributed by atoms with Crippen molar-refractivity contribution in [2.24, 2.45) is 0 Å². The zero-order valence-corrected chi connectivity index (χ0v) is 15.5. The molecule has 3 aromatic rings. The maximum atomic E-state index is 12.1. The molecule has 0 unspecified atom stereocenters. The molecule has 6 heteroatoms. The van der Waals surface area contributed by atoms with Gasteiger partial charge in [-0.25, -0.2) is 4.68 Å². The van der Waals surface area contributed by atoms with Gasteiger partial charge in [0, 0.05) is 22.8 Å². The van der Waals surface area contributed by atoms with Crippen LogP contribution in [-0.4, -0.2) is 22.3 Å². The van der Waals surface area contributed by atoms with Crippen LogP contribution in [0.3, 0.4) is 0 Å². The van der Waals surface area contributed by atoms with Gasteiger partial charge in [0.1, 0.15) is 5.75 Å². The molecule has 0 aliphatic carbocycles. The molecule has 1 N–H and O–H groups in total. The fraction of sp³-hybridized carbons (Fsp3) is 0.200. The number of nitrogens with zero attached hydrogens (tertiary/aromatic N) is 2. The van der Waals surface area contributed by atoms with Crippen LogP contribution in [0.15, 0.2) is 54.6 Å². The van der Waals surface area contributed by atoms with Gasteiger partial charge in [0.25, 0.3) is 5.91 Å². The number of carbonyl (C=O) groups excluding carboxylic acids is 1. The summed E-state index contributed by atoms with van der Waals surface area (Å²) in [5, 5.41) is 8.09. The van der Waals surface area contributed by atoms with Gasteiger partial charge in [0.2, 0.25) is 0 Å². The van der Waals surface area contributed by atoms with Crippen molar-refractivity contribution in [2.45, 2.75) is 20.4 Å². The topological polar surface area (TPSA) is 56.2 Å². The molecule has 0 fully saturated rings. The number of carbonyl (C=O) groups is 1. The fourth-order valence-electron chi connectivity index (χ4n) is 2.67. The Kier molecular flexibility index (Phi) is 5.58. The number of aryl methyl sites for hydroxylation is 1. The van der Waals surface area contributed by atoms with Crippen LogP contribution in [0.1, 0.15) is 17.0 Å². The van der Waals surface area contributed by atoms with Crippen LogP contribution < -0.4 is 10.1 Å². The van der Waals surface area contributed by atoms with E-state index in [-0.39, 0.29) is 12.5 Å². The summed E-state index contributed by atoms with van der Waals surface area (Å²) in [6.07, 6.45) is 0. The second-order valence-corrected chi connectivity index (χ2v) is 6.35. The number of nitrogens with one attached hydrogen (secondary N) is 1. The lowest BCUT2D eigenvalue weighted by Crippen LogP contribution is -2.28. The van der Waals surface area contributed by atoms with E-state index in [1.807, 2.05) is 48.9 Å². The lowest BCUT2D eigenvalue weighted by Gasteiger charge is -2.08. The summed E-state index contributed by atoms with van der Waals surface area (Å²) >= 11 is 5.83. The molecular formula is C20H20ClN3O2. The summed E-state index contributed by atoms with van der Waals surface area (Å²) in [7, 11) is 0. The number of aromatic nitrogens is 2. The highest BCUT2D eigenvalue weighted by molar-refractivity contribution is 6.30. The Labute approximate surface area is 157 Å². The normalized spacial score (nSPS) is 10.6. The van der Waals surface area contributed by atoms with Gasteiger partial charge in [0.05, 0.1) is 11.4 Å². The third-order valence-electron chi connectivity index (χ3n) is 4.09. The first kappa shape index (κ1) is 18.0. The van der Waals surface area contributed by atoms with E-state index < -0.39 is 0 Å². The minimum atomic E-state index is -0.189. The summed E-state index contributed by atoms with van der Waals surface area (Å²) in [4.78, 5) is 12.1. The molecule has 0 aliphatic heterocycles. The standard InChI is InChI=1S/C20H20ClN3O2/c1-14-19(15(2)24(23-14)17-6-4-3-5-7-17)12-22-20(25)13-26-18-10-8-16(21)9-11-18/h3-11H,12-13H2,1-2H3,(H,22,25). The Morgan fingerprint density at radius 1 is 1.12 bits per heavy atom. The van der Waals surface area contributed by atoms with E-state index in [0.29, 0.717) is 17.3 Å². The number of ether oxygens (including phenoxy) is 1. The first-order valence-corrected chi connectivity index (χ1v) is 8.68. The van der Waals surface area contributed by atoms with Crippen molar-refractivity contribution in [3.8, 4) is 11.4 Å². The molecule has 0 aliphatic rings. The van der Waals surface area contributed by atoms with Crippen LogP contribution in [-0.2, 0) is 11.3 Å². The van der Waals surface area contributed by atoms with Crippen LogP contribution in [0.5, 0.6) is 5.75 Å². The lowest BCUT2D eigenvalue weighted by molar-refractivity contribution is -0.123. The zero-order valence-electron chi connectivity index (χ0n) is 14.7. The minimum Gasteiger partial charge on any atom is -0.484 e. The van der Waals surface area contributed by atoms with E-state index in [4.69, 9.17) is 16.3 Å². The van der Waals surface area contributed by atoms with E-state index in [1.165, 1.54) is 0 Å². The molecule has 0 atom stereocenters. The van der Waals surface area contributed by atoms with Crippen molar-refractivity contribution in [1.29, 1.82) is 0 Å². The average Bonchev–Trinajstić information content (AvgIpc) is 2.94. The van der Waals surface area contributed by atoms with Crippen LogP contribution in [0, 0.1) is 13.8 Å². The van der Waals surface area contributed by atoms with Crippen molar-refractivity contribution >= 4 is 17.5 Å². The largest absolute Gasteiger partial charge is 0.484 e. The molecule has 5 nitrogen and oxygen atoms in total. The fourth-order valence-corrected chi connectivity index (χ4v) is 2.80. The van der Waals surface area contributed by atoms with Gasteiger partial charge in [-0.1, -0.05) is 29.8 Å². The summed E-state index contributed by atoms with van der Waals surface area (Å²) in [5.74, 6) is 0.417. The van der Waals surface area contributed by atoms with E-state index >= 15 is 0 Å². The maximum Gasteiger partial charge on any atom is 0.258 e. The SMILES string of the molecule is Cc1nn(-c2ccccc2)c(C)c1CNC(=O)COc1ccc(Cl)cc1. The van der Waals surface area contributed by atoms with E-state index in [9.17, 15) is 4.79 Å². The third kappa shape index (κ3) is 4.24. The molecule has 0 spiro atoms. The summed E-state index contributed by atoms with van der Waals surface area (Å²) in [6, 6.07) is 16.8. The van der Waals surface area contributed by atoms with Crippen LogP contribution in [0.2, 0.25) is 5.02 Å². The van der Waals surface area contributed by atoms with Crippen molar-refractivity contribution in [3.05, 3.63) is 76.6 Å². The Hall–Kier alpha value is -2.79. The van der Waals surface area contributed by atoms with E-state index in [1.54, 1.807) is 24.3 Å². The highest BCUT2D eigenvalue weighted by Crippen LogP contribution is 2.18. The number of hydrogen-bond acceptors (Lipinski definition) is 3. The molecule has 1 amide bonds. The Morgan fingerprint density at radius 2 is 1.81 bits per heavy atom.